The minimum absolute atomic E-state index is 0.00856. The summed E-state index contributed by atoms with van der Waals surface area (Å²) in [6, 6.07) is 0.348. The first-order valence-electron chi connectivity index (χ1n) is 5.39. The van der Waals surface area contributed by atoms with E-state index in [4.69, 9.17) is 0 Å². The predicted molar refractivity (Wildman–Crippen MR) is 59.0 cm³/mol. The maximum atomic E-state index is 11.7. The van der Waals surface area contributed by atoms with Crippen molar-refractivity contribution in [2.24, 2.45) is 5.92 Å². The molecule has 2 atom stereocenters. The first-order chi connectivity index (χ1) is 6.44. The molecular weight excluding hydrogens is 174 g/mol. The lowest BCUT2D eigenvalue weighted by molar-refractivity contribution is -0.131. The van der Waals surface area contributed by atoms with Gasteiger partial charge in [0.25, 0.3) is 0 Å². The Bertz CT molecular complexity index is 245. The van der Waals surface area contributed by atoms with Gasteiger partial charge in [0.1, 0.15) is 0 Å². The van der Waals surface area contributed by atoms with E-state index < -0.39 is 0 Å². The van der Waals surface area contributed by atoms with Crippen molar-refractivity contribution in [2.45, 2.75) is 52.1 Å². The maximum Gasteiger partial charge on any atom is 0.246 e. The smallest absolute Gasteiger partial charge is 0.246 e. The van der Waals surface area contributed by atoms with Crippen LogP contribution < -0.4 is 0 Å². The fraction of sp³-hybridized carbons (Fsp3) is 0.750. The second-order valence-corrected chi connectivity index (χ2v) is 4.84. The van der Waals surface area contributed by atoms with E-state index in [1.165, 1.54) is 6.08 Å². The summed E-state index contributed by atoms with van der Waals surface area (Å²) < 4.78 is 0. The minimum Gasteiger partial charge on any atom is -0.331 e. The summed E-state index contributed by atoms with van der Waals surface area (Å²) in [7, 11) is 0. The summed E-state index contributed by atoms with van der Waals surface area (Å²) in [5.74, 6) is 0.701. The van der Waals surface area contributed by atoms with Crippen LogP contribution in [0.15, 0.2) is 12.7 Å². The van der Waals surface area contributed by atoms with E-state index in [0.29, 0.717) is 12.0 Å². The van der Waals surface area contributed by atoms with E-state index >= 15 is 0 Å². The van der Waals surface area contributed by atoms with Gasteiger partial charge in [-0.25, -0.2) is 0 Å². The molecule has 1 rings (SSSR count). The van der Waals surface area contributed by atoms with Crippen molar-refractivity contribution < 1.29 is 4.79 Å². The normalized spacial score (nSPS) is 30.4. The van der Waals surface area contributed by atoms with Crippen LogP contribution in [-0.2, 0) is 4.79 Å². The lowest BCUT2D eigenvalue weighted by Crippen LogP contribution is -2.45. The molecule has 0 aliphatic carbocycles. The van der Waals surface area contributed by atoms with Gasteiger partial charge in [-0.1, -0.05) is 19.9 Å². The molecule has 0 spiro atoms. The average molecular weight is 195 g/mol. The van der Waals surface area contributed by atoms with Gasteiger partial charge < -0.3 is 4.90 Å². The van der Waals surface area contributed by atoms with E-state index in [-0.39, 0.29) is 11.4 Å². The third-order valence-corrected chi connectivity index (χ3v) is 3.44. The van der Waals surface area contributed by atoms with Crippen LogP contribution >= 0.6 is 0 Å². The highest BCUT2D eigenvalue weighted by Gasteiger charge is 2.44. The van der Waals surface area contributed by atoms with Crippen LogP contribution in [0.3, 0.4) is 0 Å². The Labute approximate surface area is 87.0 Å². The quantitative estimate of drug-likeness (QED) is 0.620. The molecule has 0 aromatic carbocycles. The second kappa shape index (κ2) is 3.76. The van der Waals surface area contributed by atoms with Gasteiger partial charge in [-0.05, 0) is 39.2 Å². The van der Waals surface area contributed by atoms with Crippen molar-refractivity contribution in [3.05, 3.63) is 12.7 Å². The van der Waals surface area contributed by atoms with E-state index in [1.54, 1.807) is 0 Å². The highest BCUT2D eigenvalue weighted by Crippen LogP contribution is 2.39. The minimum atomic E-state index is -0.00856. The standard InChI is InChI=1S/C12H21NO/c1-6-10-8-12(4,5)13(9(10)3)11(14)7-2/h7,9-10H,2,6,8H2,1,3-5H3. The third kappa shape index (κ3) is 1.70. The zero-order valence-electron chi connectivity index (χ0n) is 9.71. The largest absolute Gasteiger partial charge is 0.331 e. The predicted octanol–water partition coefficient (Wildman–Crippen LogP) is 2.60. The van der Waals surface area contributed by atoms with E-state index in [2.05, 4.69) is 34.3 Å². The van der Waals surface area contributed by atoms with Crippen LogP contribution in [0, 0.1) is 5.92 Å². The van der Waals surface area contributed by atoms with E-state index in [1.807, 2.05) is 4.90 Å². The third-order valence-electron chi connectivity index (χ3n) is 3.44. The van der Waals surface area contributed by atoms with Crippen LogP contribution in [0.5, 0.6) is 0 Å². The average Bonchev–Trinajstić information content (AvgIpc) is 2.35. The van der Waals surface area contributed by atoms with Gasteiger partial charge in [-0.2, -0.15) is 0 Å². The molecule has 1 aliphatic heterocycles. The van der Waals surface area contributed by atoms with Crippen LogP contribution in [0.4, 0.5) is 0 Å². The molecule has 0 bridgehead atoms. The molecule has 2 nitrogen and oxygen atoms in total. The molecule has 0 saturated carbocycles. The van der Waals surface area contributed by atoms with Crippen LogP contribution in [0.1, 0.15) is 40.5 Å². The molecule has 1 saturated heterocycles. The van der Waals surface area contributed by atoms with Crippen molar-refractivity contribution in [2.75, 3.05) is 0 Å². The lowest BCUT2D eigenvalue weighted by Gasteiger charge is -2.34. The number of hydrogen-bond donors (Lipinski definition) is 0. The Hall–Kier alpha value is -0.790. The molecule has 1 amide bonds. The van der Waals surface area contributed by atoms with Gasteiger partial charge in [0, 0.05) is 11.6 Å². The summed E-state index contributed by atoms with van der Waals surface area (Å²) in [6.07, 6.45) is 3.67. The number of carbonyl (C=O) groups is 1. The Morgan fingerprint density at radius 1 is 1.64 bits per heavy atom. The number of rotatable bonds is 2. The molecule has 0 radical (unpaired) electrons. The van der Waals surface area contributed by atoms with Crippen molar-refractivity contribution in [3.8, 4) is 0 Å². The van der Waals surface area contributed by atoms with Gasteiger partial charge >= 0.3 is 0 Å². The molecule has 14 heavy (non-hydrogen) atoms. The lowest BCUT2D eigenvalue weighted by atomic mass is 9.93. The monoisotopic (exact) mass is 195 g/mol. The van der Waals surface area contributed by atoms with Crippen molar-refractivity contribution in [3.63, 3.8) is 0 Å². The molecular formula is C12H21NO. The number of nitrogens with zero attached hydrogens (tertiary/aromatic N) is 1. The molecule has 0 N–H and O–H groups in total. The maximum absolute atomic E-state index is 11.7. The van der Waals surface area contributed by atoms with Crippen LogP contribution in [-0.4, -0.2) is 22.4 Å². The Balaban J connectivity index is 2.92. The van der Waals surface area contributed by atoms with Gasteiger partial charge in [0.05, 0.1) is 0 Å². The molecule has 0 aromatic rings. The first kappa shape index (κ1) is 11.3. The van der Waals surface area contributed by atoms with Crippen LogP contribution in [0.2, 0.25) is 0 Å². The van der Waals surface area contributed by atoms with Gasteiger partial charge in [-0.3, -0.25) is 4.79 Å². The van der Waals surface area contributed by atoms with Crippen molar-refractivity contribution >= 4 is 5.91 Å². The van der Waals surface area contributed by atoms with Gasteiger partial charge in [-0.15, -0.1) is 0 Å². The van der Waals surface area contributed by atoms with Crippen molar-refractivity contribution in [1.82, 2.24) is 4.90 Å². The molecule has 80 valence electrons. The topological polar surface area (TPSA) is 20.3 Å². The summed E-state index contributed by atoms with van der Waals surface area (Å²) in [5, 5.41) is 0. The Morgan fingerprint density at radius 3 is 2.57 bits per heavy atom. The van der Waals surface area contributed by atoms with Crippen molar-refractivity contribution in [1.29, 1.82) is 0 Å². The number of carbonyl (C=O) groups excluding carboxylic acids is 1. The zero-order chi connectivity index (χ0) is 10.9. The highest BCUT2D eigenvalue weighted by atomic mass is 16.2. The number of likely N-dealkylation sites (tertiary alicyclic amines) is 1. The molecule has 1 heterocycles. The van der Waals surface area contributed by atoms with Gasteiger partial charge in [0.15, 0.2) is 0 Å². The summed E-state index contributed by atoms with van der Waals surface area (Å²) in [5.41, 5.74) is -0.00856. The summed E-state index contributed by atoms with van der Waals surface area (Å²) in [6.45, 7) is 12.2. The fourth-order valence-corrected chi connectivity index (χ4v) is 2.76. The van der Waals surface area contributed by atoms with Gasteiger partial charge in [0.2, 0.25) is 5.91 Å². The van der Waals surface area contributed by atoms with E-state index in [9.17, 15) is 4.79 Å². The highest BCUT2D eigenvalue weighted by molar-refractivity contribution is 5.88. The summed E-state index contributed by atoms with van der Waals surface area (Å²) in [4.78, 5) is 13.7. The van der Waals surface area contributed by atoms with Crippen LogP contribution in [0.25, 0.3) is 0 Å². The fourth-order valence-electron chi connectivity index (χ4n) is 2.76. The summed E-state index contributed by atoms with van der Waals surface area (Å²) >= 11 is 0. The second-order valence-electron chi connectivity index (χ2n) is 4.84. The SMILES string of the molecule is C=CC(=O)N1C(C)C(CC)CC1(C)C. The van der Waals surface area contributed by atoms with E-state index in [0.717, 1.165) is 12.8 Å². The number of amides is 1. The molecule has 2 heteroatoms. The first-order valence-corrected chi connectivity index (χ1v) is 5.39. The molecule has 1 fully saturated rings. The Morgan fingerprint density at radius 2 is 2.21 bits per heavy atom. The number of hydrogen-bond acceptors (Lipinski definition) is 1. The molecule has 1 aliphatic rings. The molecule has 2 unspecified atom stereocenters. The zero-order valence-corrected chi connectivity index (χ0v) is 9.71. The molecule has 0 aromatic heterocycles. The Kier molecular flexibility index (Phi) is 3.03.